The summed E-state index contributed by atoms with van der Waals surface area (Å²) in [5.74, 6) is 0.986. The SMILES string of the molecule is CCS(=O)(=O)N1CCCN(C(=O)CCCOc2ccccc2)CC1. The molecule has 1 amide bonds. The zero-order valence-electron chi connectivity index (χ0n) is 14.2. The number of sulfonamides is 1. The van der Waals surface area contributed by atoms with Gasteiger partial charge in [-0.2, -0.15) is 0 Å². The third-order valence-electron chi connectivity index (χ3n) is 4.11. The molecule has 0 aliphatic carbocycles. The van der Waals surface area contributed by atoms with Crippen molar-refractivity contribution in [2.75, 3.05) is 38.5 Å². The van der Waals surface area contributed by atoms with E-state index in [1.54, 1.807) is 11.8 Å². The second-order valence-corrected chi connectivity index (χ2v) is 8.06. The van der Waals surface area contributed by atoms with E-state index >= 15 is 0 Å². The summed E-state index contributed by atoms with van der Waals surface area (Å²) in [6.07, 6.45) is 1.76. The summed E-state index contributed by atoms with van der Waals surface area (Å²) >= 11 is 0. The summed E-state index contributed by atoms with van der Waals surface area (Å²) in [5, 5.41) is 0. The summed E-state index contributed by atoms with van der Waals surface area (Å²) < 4.78 is 31.0. The molecular weight excluding hydrogens is 328 g/mol. The molecule has 2 rings (SSSR count). The third kappa shape index (κ3) is 5.49. The molecule has 0 N–H and O–H groups in total. The first-order valence-electron chi connectivity index (χ1n) is 8.46. The standard InChI is InChI=1S/C17H26N2O4S/c1-2-24(21,22)19-12-7-11-18(13-14-19)17(20)10-6-15-23-16-8-4-3-5-9-16/h3-5,8-9H,2,6-7,10-15H2,1H3. The normalized spacial score (nSPS) is 16.6. The topological polar surface area (TPSA) is 66.9 Å². The minimum atomic E-state index is -3.17. The van der Waals surface area contributed by atoms with Crippen LogP contribution in [0.1, 0.15) is 26.2 Å². The Labute approximate surface area is 144 Å². The Morgan fingerprint density at radius 1 is 1.12 bits per heavy atom. The quantitative estimate of drug-likeness (QED) is 0.700. The van der Waals surface area contributed by atoms with E-state index in [-0.39, 0.29) is 11.7 Å². The molecule has 1 fully saturated rings. The molecule has 1 aromatic rings. The van der Waals surface area contributed by atoms with Crippen molar-refractivity contribution in [2.24, 2.45) is 0 Å². The maximum Gasteiger partial charge on any atom is 0.222 e. The van der Waals surface area contributed by atoms with Crippen LogP contribution >= 0.6 is 0 Å². The molecule has 0 radical (unpaired) electrons. The zero-order valence-corrected chi connectivity index (χ0v) is 15.0. The van der Waals surface area contributed by atoms with Gasteiger partial charge in [-0.3, -0.25) is 4.79 Å². The lowest BCUT2D eigenvalue weighted by Crippen LogP contribution is -2.37. The van der Waals surface area contributed by atoms with E-state index in [1.165, 1.54) is 4.31 Å². The Hall–Kier alpha value is -1.60. The molecule has 7 heteroatoms. The van der Waals surface area contributed by atoms with Crippen molar-refractivity contribution in [3.8, 4) is 5.75 Å². The highest BCUT2D eigenvalue weighted by atomic mass is 32.2. The summed E-state index contributed by atoms with van der Waals surface area (Å²) in [6.45, 7) is 4.13. The number of amides is 1. The number of carbonyl (C=O) groups is 1. The number of hydrogen-bond acceptors (Lipinski definition) is 4. The minimum absolute atomic E-state index is 0.0717. The second kappa shape index (κ2) is 9.03. The van der Waals surface area contributed by atoms with E-state index in [9.17, 15) is 13.2 Å². The molecule has 1 aliphatic heterocycles. The number of rotatable bonds is 7. The molecule has 1 heterocycles. The maximum atomic E-state index is 12.3. The number of para-hydroxylation sites is 1. The van der Waals surface area contributed by atoms with Gasteiger partial charge in [-0.1, -0.05) is 18.2 Å². The van der Waals surface area contributed by atoms with Crippen LogP contribution in [0.2, 0.25) is 0 Å². The van der Waals surface area contributed by atoms with Crippen molar-refractivity contribution in [2.45, 2.75) is 26.2 Å². The Morgan fingerprint density at radius 2 is 1.88 bits per heavy atom. The highest BCUT2D eigenvalue weighted by Crippen LogP contribution is 2.12. The Kier molecular flexibility index (Phi) is 7.05. The highest BCUT2D eigenvalue weighted by molar-refractivity contribution is 7.89. The fourth-order valence-electron chi connectivity index (χ4n) is 2.69. The van der Waals surface area contributed by atoms with Gasteiger partial charge in [0, 0.05) is 32.6 Å². The fraction of sp³-hybridized carbons (Fsp3) is 0.588. The van der Waals surface area contributed by atoms with Crippen molar-refractivity contribution in [1.82, 2.24) is 9.21 Å². The van der Waals surface area contributed by atoms with Crippen LogP contribution in [0.4, 0.5) is 0 Å². The van der Waals surface area contributed by atoms with Gasteiger partial charge in [-0.05, 0) is 31.9 Å². The molecule has 0 aromatic heterocycles. The lowest BCUT2D eigenvalue weighted by atomic mass is 10.2. The van der Waals surface area contributed by atoms with Gasteiger partial charge in [0.1, 0.15) is 5.75 Å². The summed E-state index contributed by atoms with van der Waals surface area (Å²) in [5.41, 5.74) is 0. The van der Waals surface area contributed by atoms with Crippen molar-refractivity contribution < 1.29 is 17.9 Å². The van der Waals surface area contributed by atoms with E-state index in [0.717, 1.165) is 5.75 Å². The number of ether oxygens (including phenoxy) is 1. The van der Waals surface area contributed by atoms with Gasteiger partial charge in [0.15, 0.2) is 0 Å². The molecule has 0 unspecified atom stereocenters. The van der Waals surface area contributed by atoms with Crippen LogP contribution in [-0.4, -0.2) is 62.1 Å². The molecule has 24 heavy (non-hydrogen) atoms. The van der Waals surface area contributed by atoms with Gasteiger partial charge >= 0.3 is 0 Å². The van der Waals surface area contributed by atoms with E-state index in [1.807, 2.05) is 30.3 Å². The Bertz CT molecular complexity index is 619. The number of nitrogens with zero attached hydrogens (tertiary/aromatic N) is 2. The molecule has 134 valence electrons. The van der Waals surface area contributed by atoms with Gasteiger partial charge in [0.05, 0.1) is 12.4 Å². The smallest absolute Gasteiger partial charge is 0.222 e. The van der Waals surface area contributed by atoms with Gasteiger partial charge in [-0.15, -0.1) is 0 Å². The predicted molar refractivity (Wildman–Crippen MR) is 93.4 cm³/mol. The molecule has 0 spiro atoms. The monoisotopic (exact) mass is 354 g/mol. The number of carbonyl (C=O) groups excluding carboxylic acids is 1. The van der Waals surface area contributed by atoms with Crippen LogP contribution < -0.4 is 4.74 Å². The van der Waals surface area contributed by atoms with Crippen LogP contribution in [0.25, 0.3) is 0 Å². The molecule has 0 saturated carbocycles. The molecule has 1 aliphatic rings. The van der Waals surface area contributed by atoms with E-state index in [0.29, 0.717) is 52.0 Å². The summed E-state index contributed by atoms with van der Waals surface area (Å²) in [6, 6.07) is 9.53. The number of hydrogen-bond donors (Lipinski definition) is 0. The lowest BCUT2D eigenvalue weighted by molar-refractivity contribution is -0.131. The first-order chi connectivity index (χ1) is 11.5. The van der Waals surface area contributed by atoms with Crippen LogP contribution in [0.3, 0.4) is 0 Å². The minimum Gasteiger partial charge on any atom is -0.494 e. The lowest BCUT2D eigenvalue weighted by Gasteiger charge is -2.21. The van der Waals surface area contributed by atoms with E-state index in [2.05, 4.69) is 0 Å². The third-order valence-corrected chi connectivity index (χ3v) is 5.99. The zero-order chi connectivity index (χ0) is 17.4. The van der Waals surface area contributed by atoms with Crippen molar-refractivity contribution in [3.05, 3.63) is 30.3 Å². The summed E-state index contributed by atoms with van der Waals surface area (Å²) in [7, 11) is -3.17. The maximum absolute atomic E-state index is 12.3. The average Bonchev–Trinajstić information content (AvgIpc) is 2.86. The Morgan fingerprint density at radius 3 is 2.58 bits per heavy atom. The van der Waals surface area contributed by atoms with Crippen molar-refractivity contribution >= 4 is 15.9 Å². The van der Waals surface area contributed by atoms with Gasteiger partial charge in [0.2, 0.25) is 15.9 Å². The molecule has 1 saturated heterocycles. The first kappa shape index (κ1) is 18.7. The van der Waals surface area contributed by atoms with Crippen LogP contribution in [0.5, 0.6) is 5.75 Å². The van der Waals surface area contributed by atoms with E-state index in [4.69, 9.17) is 4.74 Å². The molecular formula is C17H26N2O4S. The average molecular weight is 354 g/mol. The van der Waals surface area contributed by atoms with Crippen molar-refractivity contribution in [3.63, 3.8) is 0 Å². The second-order valence-electron chi connectivity index (χ2n) is 5.80. The fourth-order valence-corrected chi connectivity index (χ4v) is 3.82. The largest absolute Gasteiger partial charge is 0.494 e. The molecule has 0 atom stereocenters. The van der Waals surface area contributed by atoms with Crippen LogP contribution in [0, 0.1) is 0 Å². The Balaban J connectivity index is 1.73. The highest BCUT2D eigenvalue weighted by Gasteiger charge is 2.25. The molecule has 0 bridgehead atoms. The van der Waals surface area contributed by atoms with Gasteiger partial charge in [-0.25, -0.2) is 12.7 Å². The number of benzene rings is 1. The predicted octanol–water partition coefficient (Wildman–Crippen LogP) is 1.73. The van der Waals surface area contributed by atoms with Crippen LogP contribution in [-0.2, 0) is 14.8 Å². The van der Waals surface area contributed by atoms with E-state index < -0.39 is 10.0 Å². The van der Waals surface area contributed by atoms with Gasteiger partial charge < -0.3 is 9.64 Å². The van der Waals surface area contributed by atoms with Gasteiger partial charge in [0.25, 0.3) is 0 Å². The molecule has 1 aromatic carbocycles. The van der Waals surface area contributed by atoms with Crippen LogP contribution in [0.15, 0.2) is 30.3 Å². The first-order valence-corrected chi connectivity index (χ1v) is 10.1. The van der Waals surface area contributed by atoms with Crippen molar-refractivity contribution in [1.29, 1.82) is 0 Å². The molecule has 6 nitrogen and oxygen atoms in total. The summed E-state index contributed by atoms with van der Waals surface area (Å²) in [4.78, 5) is 14.1.